The van der Waals surface area contributed by atoms with Gasteiger partial charge < -0.3 is 20.4 Å². The summed E-state index contributed by atoms with van der Waals surface area (Å²) in [5.41, 5.74) is 7.30. The molecule has 1 aromatic carbocycles. The zero-order chi connectivity index (χ0) is 16.9. The number of aromatic nitrogens is 1. The van der Waals surface area contributed by atoms with E-state index in [4.69, 9.17) is 10.2 Å². The van der Waals surface area contributed by atoms with Gasteiger partial charge in [0, 0.05) is 18.7 Å². The van der Waals surface area contributed by atoms with E-state index < -0.39 is 6.04 Å². The highest BCUT2D eigenvalue weighted by atomic mass is 16.3. The first-order valence-electron chi connectivity index (χ1n) is 7.94. The van der Waals surface area contributed by atoms with Crippen molar-refractivity contribution in [3.63, 3.8) is 0 Å². The highest BCUT2D eigenvalue weighted by Crippen LogP contribution is 2.19. The lowest BCUT2D eigenvalue weighted by Gasteiger charge is -2.23. The van der Waals surface area contributed by atoms with Crippen LogP contribution in [0.1, 0.15) is 18.4 Å². The number of benzene rings is 1. The van der Waals surface area contributed by atoms with Gasteiger partial charge in [0.25, 0.3) is 0 Å². The van der Waals surface area contributed by atoms with Gasteiger partial charge in [-0.05, 0) is 18.4 Å². The summed E-state index contributed by atoms with van der Waals surface area (Å²) in [5, 5.41) is 2.89. The number of rotatable bonds is 5. The van der Waals surface area contributed by atoms with Gasteiger partial charge in [0.15, 0.2) is 12.2 Å². The fourth-order valence-corrected chi connectivity index (χ4v) is 2.91. The number of carbonyl (C=O) groups is 2. The van der Waals surface area contributed by atoms with Crippen LogP contribution in [0.25, 0.3) is 11.3 Å². The van der Waals surface area contributed by atoms with E-state index in [0.29, 0.717) is 25.3 Å². The van der Waals surface area contributed by atoms with Crippen LogP contribution in [0.3, 0.4) is 0 Å². The number of nitrogens with zero attached hydrogens (tertiary/aromatic N) is 2. The number of hydrogen-bond acceptors (Lipinski definition) is 5. The van der Waals surface area contributed by atoms with E-state index in [1.807, 2.05) is 24.3 Å². The number of nitrogens with one attached hydrogen (secondary N) is 1. The molecular weight excluding hydrogens is 308 g/mol. The van der Waals surface area contributed by atoms with Gasteiger partial charge >= 0.3 is 0 Å². The lowest BCUT2D eigenvalue weighted by molar-refractivity contribution is -0.137. The third-order valence-electron chi connectivity index (χ3n) is 4.19. The van der Waals surface area contributed by atoms with E-state index in [-0.39, 0.29) is 18.4 Å². The van der Waals surface area contributed by atoms with Crippen LogP contribution in [0.5, 0.6) is 0 Å². The second-order valence-corrected chi connectivity index (χ2v) is 5.73. The topological polar surface area (TPSA) is 101 Å². The van der Waals surface area contributed by atoms with Crippen LogP contribution in [0.2, 0.25) is 0 Å². The van der Waals surface area contributed by atoms with Crippen molar-refractivity contribution in [2.24, 2.45) is 5.73 Å². The van der Waals surface area contributed by atoms with E-state index >= 15 is 0 Å². The predicted octanol–water partition coefficient (Wildman–Crippen LogP) is 0.907. The molecule has 0 aliphatic carbocycles. The fourth-order valence-electron chi connectivity index (χ4n) is 2.91. The Hall–Kier alpha value is -2.67. The minimum absolute atomic E-state index is 0.0626. The molecule has 3 rings (SSSR count). The summed E-state index contributed by atoms with van der Waals surface area (Å²) in [5.74, 6) is 0.394. The maximum absolute atomic E-state index is 12.3. The normalized spacial score (nSPS) is 17.0. The number of hydrogen-bond donors (Lipinski definition) is 2. The third kappa shape index (κ3) is 3.46. The molecule has 126 valence electrons. The van der Waals surface area contributed by atoms with Crippen LogP contribution >= 0.6 is 0 Å². The molecule has 1 aromatic heterocycles. The van der Waals surface area contributed by atoms with Gasteiger partial charge in [-0.15, -0.1) is 0 Å². The van der Waals surface area contributed by atoms with Gasteiger partial charge in [-0.3, -0.25) is 9.59 Å². The molecule has 1 saturated heterocycles. The van der Waals surface area contributed by atoms with E-state index in [1.165, 1.54) is 6.39 Å². The number of carbonyl (C=O) groups excluding carboxylic acids is 2. The molecule has 2 amide bonds. The maximum Gasteiger partial charge on any atom is 0.243 e. The van der Waals surface area contributed by atoms with Gasteiger partial charge in [0.1, 0.15) is 6.04 Å². The second-order valence-electron chi connectivity index (χ2n) is 5.73. The van der Waals surface area contributed by atoms with Crippen molar-refractivity contribution in [2.45, 2.75) is 25.4 Å². The monoisotopic (exact) mass is 328 g/mol. The van der Waals surface area contributed by atoms with Crippen LogP contribution in [-0.4, -0.2) is 40.8 Å². The van der Waals surface area contributed by atoms with Crippen molar-refractivity contribution in [3.8, 4) is 11.3 Å². The van der Waals surface area contributed by atoms with Gasteiger partial charge in [-0.25, -0.2) is 4.98 Å². The molecule has 0 saturated carbocycles. The minimum atomic E-state index is -0.408. The first kappa shape index (κ1) is 16.2. The van der Waals surface area contributed by atoms with Gasteiger partial charge in [-0.1, -0.05) is 24.3 Å². The summed E-state index contributed by atoms with van der Waals surface area (Å²) in [6, 6.07) is 7.28. The van der Waals surface area contributed by atoms with Crippen LogP contribution in [-0.2, 0) is 16.1 Å². The molecular formula is C17H20N4O3. The molecule has 2 heterocycles. The number of likely N-dealkylation sites (tertiary alicyclic amines) is 1. The third-order valence-corrected chi connectivity index (χ3v) is 4.19. The molecule has 2 aromatic rings. The molecule has 1 atom stereocenters. The predicted molar refractivity (Wildman–Crippen MR) is 87.6 cm³/mol. The first-order valence-corrected chi connectivity index (χ1v) is 7.94. The van der Waals surface area contributed by atoms with Crippen molar-refractivity contribution in [2.75, 3.05) is 13.1 Å². The molecule has 7 nitrogen and oxygen atoms in total. The van der Waals surface area contributed by atoms with Crippen molar-refractivity contribution in [3.05, 3.63) is 42.4 Å². The van der Waals surface area contributed by atoms with Gasteiger partial charge in [-0.2, -0.15) is 0 Å². The average Bonchev–Trinajstić information content (AvgIpc) is 3.30. The number of nitrogens with two attached hydrogens (primary N) is 1. The van der Waals surface area contributed by atoms with Gasteiger partial charge in [0.2, 0.25) is 11.8 Å². The molecule has 24 heavy (non-hydrogen) atoms. The molecule has 0 radical (unpaired) electrons. The summed E-state index contributed by atoms with van der Waals surface area (Å²) < 4.78 is 5.24. The Balaban J connectivity index is 1.57. The molecule has 1 aliphatic heterocycles. The molecule has 7 heteroatoms. The summed E-state index contributed by atoms with van der Waals surface area (Å²) in [6.07, 6.45) is 4.55. The van der Waals surface area contributed by atoms with Gasteiger partial charge in [0.05, 0.1) is 12.7 Å². The summed E-state index contributed by atoms with van der Waals surface area (Å²) in [7, 11) is 0. The Kier molecular flexibility index (Phi) is 4.90. The standard InChI is InChI=1S/C17H20N4O3/c18-8-16(22)21-7-1-2-14(21)17(23)20-9-12-3-5-13(6-4-12)15-10-19-11-24-15/h3-6,10-11,14H,1-2,7-9,18H2,(H,20,23). The molecule has 0 bridgehead atoms. The summed E-state index contributed by atoms with van der Waals surface area (Å²) in [4.78, 5) is 29.6. The zero-order valence-corrected chi connectivity index (χ0v) is 13.3. The quantitative estimate of drug-likeness (QED) is 0.849. The number of amides is 2. The Morgan fingerprint density at radius 3 is 2.79 bits per heavy atom. The second kappa shape index (κ2) is 7.27. The lowest BCUT2D eigenvalue weighted by atomic mass is 10.1. The molecule has 1 fully saturated rings. The van der Waals surface area contributed by atoms with E-state index in [2.05, 4.69) is 10.3 Å². The smallest absolute Gasteiger partial charge is 0.243 e. The Bertz CT molecular complexity index is 697. The lowest BCUT2D eigenvalue weighted by Crippen LogP contribution is -2.47. The highest BCUT2D eigenvalue weighted by Gasteiger charge is 2.33. The van der Waals surface area contributed by atoms with Crippen LogP contribution in [0, 0.1) is 0 Å². The summed E-state index contributed by atoms with van der Waals surface area (Å²) >= 11 is 0. The zero-order valence-electron chi connectivity index (χ0n) is 13.3. The van der Waals surface area contributed by atoms with E-state index in [0.717, 1.165) is 17.5 Å². The molecule has 1 unspecified atom stereocenters. The van der Waals surface area contributed by atoms with E-state index in [9.17, 15) is 9.59 Å². The highest BCUT2D eigenvalue weighted by molar-refractivity contribution is 5.88. The Morgan fingerprint density at radius 1 is 1.33 bits per heavy atom. The van der Waals surface area contributed by atoms with Crippen molar-refractivity contribution in [1.29, 1.82) is 0 Å². The average molecular weight is 328 g/mol. The Morgan fingerprint density at radius 2 is 2.12 bits per heavy atom. The largest absolute Gasteiger partial charge is 0.444 e. The molecule has 1 aliphatic rings. The minimum Gasteiger partial charge on any atom is -0.444 e. The number of oxazole rings is 1. The van der Waals surface area contributed by atoms with Crippen LogP contribution in [0.15, 0.2) is 41.3 Å². The SMILES string of the molecule is NCC(=O)N1CCCC1C(=O)NCc1ccc(-c2cnco2)cc1. The van der Waals surface area contributed by atoms with Crippen molar-refractivity contribution < 1.29 is 14.0 Å². The maximum atomic E-state index is 12.3. The van der Waals surface area contributed by atoms with Crippen LogP contribution in [0.4, 0.5) is 0 Å². The Labute approximate surface area is 139 Å². The summed E-state index contributed by atoms with van der Waals surface area (Å²) in [6.45, 7) is 0.948. The fraction of sp³-hybridized carbons (Fsp3) is 0.353. The van der Waals surface area contributed by atoms with Crippen molar-refractivity contribution in [1.82, 2.24) is 15.2 Å². The van der Waals surface area contributed by atoms with Crippen molar-refractivity contribution >= 4 is 11.8 Å². The van der Waals surface area contributed by atoms with Crippen LogP contribution < -0.4 is 11.1 Å². The molecule has 0 spiro atoms. The molecule has 3 N–H and O–H groups in total. The first-order chi connectivity index (χ1) is 11.7. The van der Waals surface area contributed by atoms with E-state index in [1.54, 1.807) is 11.1 Å².